The number of rotatable bonds is 9. The molecule has 0 radical (unpaired) electrons. The van der Waals surface area contributed by atoms with Crippen LogP contribution >= 0.6 is 0 Å². The molecule has 124 valence electrons. The Morgan fingerprint density at radius 2 is 1.23 bits per heavy atom. The van der Waals surface area contributed by atoms with Crippen molar-refractivity contribution in [1.82, 2.24) is 10.6 Å². The lowest BCUT2D eigenvalue weighted by atomic mass is 9.97. The highest BCUT2D eigenvalue weighted by molar-refractivity contribution is 5.82. The van der Waals surface area contributed by atoms with Crippen LogP contribution in [0.25, 0.3) is 0 Å². The molecule has 0 aliphatic rings. The first-order valence-electron chi connectivity index (χ1n) is 8.39. The predicted molar refractivity (Wildman–Crippen MR) is 93.9 cm³/mol. The molecule has 0 saturated carbocycles. The Hall–Kier alpha value is -1.19. The quantitative estimate of drug-likeness (QED) is 0.734. The highest BCUT2D eigenvalue weighted by Crippen LogP contribution is 2.14. The molecule has 3 nitrogen and oxygen atoms in total. The fourth-order valence-electron chi connectivity index (χ4n) is 2.19. The van der Waals surface area contributed by atoms with Gasteiger partial charge in [0, 0.05) is 37.5 Å². The lowest BCUT2D eigenvalue weighted by molar-refractivity contribution is -0.121. The number of hydrogen-bond acceptors (Lipinski definition) is 3. The zero-order valence-corrected chi connectivity index (χ0v) is 15.0. The van der Waals surface area contributed by atoms with Crippen molar-refractivity contribution >= 4 is 5.78 Å². The van der Waals surface area contributed by atoms with Crippen molar-refractivity contribution in [3.05, 3.63) is 34.9 Å². The molecule has 0 heterocycles. The maximum absolute atomic E-state index is 12.0. The summed E-state index contributed by atoms with van der Waals surface area (Å²) in [5.41, 5.74) is 3.63. The molecule has 0 atom stereocenters. The van der Waals surface area contributed by atoms with Gasteiger partial charge in [-0.25, -0.2) is 0 Å². The Kier molecular flexibility index (Phi) is 7.77. The fraction of sp³-hybridized carbons (Fsp3) is 0.632. The third-order valence-corrected chi connectivity index (χ3v) is 3.56. The van der Waals surface area contributed by atoms with Gasteiger partial charge in [-0.3, -0.25) is 4.79 Å². The molecular weight excluding hydrogens is 272 g/mol. The van der Waals surface area contributed by atoms with Gasteiger partial charge in [-0.05, 0) is 16.7 Å². The normalized spacial score (nSPS) is 11.7. The van der Waals surface area contributed by atoms with Gasteiger partial charge in [0.05, 0.1) is 0 Å². The molecule has 1 rings (SSSR count). The van der Waals surface area contributed by atoms with Crippen LogP contribution in [-0.4, -0.2) is 17.9 Å². The van der Waals surface area contributed by atoms with Crippen molar-refractivity contribution in [2.24, 2.45) is 5.92 Å². The van der Waals surface area contributed by atoms with E-state index in [0.29, 0.717) is 24.3 Å². The molecule has 0 aliphatic heterocycles. The summed E-state index contributed by atoms with van der Waals surface area (Å²) < 4.78 is 0. The summed E-state index contributed by atoms with van der Waals surface area (Å²) in [6.45, 7) is 14.2. The largest absolute Gasteiger partial charge is 0.310 e. The van der Waals surface area contributed by atoms with Crippen molar-refractivity contribution in [3.63, 3.8) is 0 Å². The second-order valence-electron chi connectivity index (χ2n) is 7.03. The first-order valence-corrected chi connectivity index (χ1v) is 8.39. The summed E-state index contributed by atoms with van der Waals surface area (Å²) >= 11 is 0. The van der Waals surface area contributed by atoms with E-state index in [0.717, 1.165) is 18.7 Å². The van der Waals surface area contributed by atoms with Crippen molar-refractivity contribution in [3.8, 4) is 0 Å². The van der Waals surface area contributed by atoms with Crippen LogP contribution in [0, 0.1) is 5.92 Å². The van der Waals surface area contributed by atoms with Gasteiger partial charge in [0.15, 0.2) is 0 Å². The average molecular weight is 304 g/mol. The van der Waals surface area contributed by atoms with Crippen molar-refractivity contribution < 1.29 is 4.79 Å². The van der Waals surface area contributed by atoms with Gasteiger partial charge in [0.25, 0.3) is 0 Å². The Labute approximate surface area is 135 Å². The first-order chi connectivity index (χ1) is 10.3. The molecule has 1 aromatic carbocycles. The summed E-state index contributed by atoms with van der Waals surface area (Å²) in [5, 5.41) is 6.90. The molecule has 0 unspecified atom stereocenters. The SMILES string of the molecule is CC(C)NCc1cc(CNC(C)C)cc(CC(=O)C(C)C)c1. The van der Waals surface area contributed by atoms with Crippen LogP contribution in [-0.2, 0) is 24.3 Å². The van der Waals surface area contributed by atoms with Gasteiger partial charge in [-0.15, -0.1) is 0 Å². The molecule has 0 saturated heterocycles. The van der Waals surface area contributed by atoms with E-state index in [-0.39, 0.29) is 5.92 Å². The van der Waals surface area contributed by atoms with E-state index >= 15 is 0 Å². The highest BCUT2D eigenvalue weighted by atomic mass is 16.1. The van der Waals surface area contributed by atoms with Gasteiger partial charge in [-0.1, -0.05) is 59.7 Å². The van der Waals surface area contributed by atoms with Crippen LogP contribution < -0.4 is 10.6 Å². The number of benzene rings is 1. The molecule has 2 N–H and O–H groups in total. The minimum Gasteiger partial charge on any atom is -0.310 e. The predicted octanol–water partition coefficient (Wildman–Crippen LogP) is 3.45. The molecule has 0 spiro atoms. The van der Waals surface area contributed by atoms with Crippen LogP contribution in [0.3, 0.4) is 0 Å². The molecule has 0 bridgehead atoms. The van der Waals surface area contributed by atoms with Gasteiger partial charge < -0.3 is 10.6 Å². The Bertz CT molecular complexity index is 448. The van der Waals surface area contributed by atoms with E-state index in [1.807, 2.05) is 13.8 Å². The molecule has 0 amide bonds. The topological polar surface area (TPSA) is 41.1 Å². The number of hydrogen-bond donors (Lipinski definition) is 2. The zero-order valence-electron chi connectivity index (χ0n) is 15.0. The zero-order chi connectivity index (χ0) is 16.7. The van der Waals surface area contributed by atoms with E-state index in [9.17, 15) is 4.79 Å². The van der Waals surface area contributed by atoms with E-state index in [2.05, 4.69) is 56.5 Å². The van der Waals surface area contributed by atoms with Crippen molar-refractivity contribution in [2.45, 2.75) is 73.1 Å². The van der Waals surface area contributed by atoms with E-state index < -0.39 is 0 Å². The summed E-state index contributed by atoms with van der Waals surface area (Å²) in [6.07, 6.45) is 0.530. The van der Waals surface area contributed by atoms with E-state index in [1.54, 1.807) is 0 Å². The Morgan fingerprint density at radius 3 is 1.59 bits per heavy atom. The number of carbonyl (C=O) groups excluding carboxylic acids is 1. The molecular formula is C19H32N2O. The monoisotopic (exact) mass is 304 g/mol. The standard InChI is InChI=1S/C19H32N2O/c1-13(2)19(22)10-16-7-17(11-20-14(3)4)9-18(8-16)12-21-15(5)6/h7-9,13-15,20-21H,10-12H2,1-6H3. The molecule has 0 fully saturated rings. The van der Waals surface area contributed by atoms with Crippen LogP contribution in [0.5, 0.6) is 0 Å². The number of Topliss-reactive ketones (excluding diaryl/α,β-unsaturated/α-hetero) is 1. The van der Waals surface area contributed by atoms with Crippen molar-refractivity contribution in [1.29, 1.82) is 0 Å². The minimum absolute atomic E-state index is 0.0923. The first kappa shape index (κ1) is 18.9. The second-order valence-corrected chi connectivity index (χ2v) is 7.03. The minimum atomic E-state index is 0.0923. The third-order valence-electron chi connectivity index (χ3n) is 3.56. The maximum Gasteiger partial charge on any atom is 0.139 e. The maximum atomic E-state index is 12.0. The van der Waals surface area contributed by atoms with Gasteiger partial charge in [-0.2, -0.15) is 0 Å². The lowest BCUT2D eigenvalue weighted by Crippen LogP contribution is -2.23. The molecule has 1 aromatic rings. The summed E-state index contributed by atoms with van der Waals surface area (Å²) in [7, 11) is 0. The van der Waals surface area contributed by atoms with Crippen LogP contribution in [0.1, 0.15) is 58.2 Å². The molecule has 22 heavy (non-hydrogen) atoms. The average Bonchev–Trinajstić information content (AvgIpc) is 2.42. The Balaban J connectivity index is 2.90. The number of nitrogens with one attached hydrogen (secondary N) is 2. The molecule has 0 aliphatic carbocycles. The Morgan fingerprint density at radius 1 is 0.818 bits per heavy atom. The van der Waals surface area contributed by atoms with E-state index in [4.69, 9.17) is 0 Å². The fourth-order valence-corrected chi connectivity index (χ4v) is 2.19. The molecule has 3 heteroatoms. The number of carbonyl (C=O) groups is 1. The number of ketones is 1. The second kappa shape index (κ2) is 9.06. The van der Waals surface area contributed by atoms with E-state index in [1.165, 1.54) is 11.1 Å². The van der Waals surface area contributed by atoms with Gasteiger partial charge >= 0.3 is 0 Å². The van der Waals surface area contributed by atoms with Crippen molar-refractivity contribution in [2.75, 3.05) is 0 Å². The summed E-state index contributed by atoms with van der Waals surface area (Å²) in [4.78, 5) is 12.0. The lowest BCUT2D eigenvalue weighted by Gasteiger charge is -2.14. The highest BCUT2D eigenvalue weighted by Gasteiger charge is 2.10. The summed E-state index contributed by atoms with van der Waals surface area (Å²) in [6, 6.07) is 7.47. The smallest absolute Gasteiger partial charge is 0.139 e. The third kappa shape index (κ3) is 7.19. The van der Waals surface area contributed by atoms with Gasteiger partial charge in [0.2, 0.25) is 0 Å². The van der Waals surface area contributed by atoms with Crippen LogP contribution in [0.2, 0.25) is 0 Å². The van der Waals surface area contributed by atoms with Crippen LogP contribution in [0.15, 0.2) is 18.2 Å². The van der Waals surface area contributed by atoms with Gasteiger partial charge in [0.1, 0.15) is 5.78 Å². The summed E-state index contributed by atoms with van der Waals surface area (Å²) in [5.74, 6) is 0.395. The molecule has 0 aromatic heterocycles. The van der Waals surface area contributed by atoms with Crippen LogP contribution in [0.4, 0.5) is 0 Å².